The van der Waals surface area contributed by atoms with Crippen molar-refractivity contribution in [3.05, 3.63) is 27.2 Å². The summed E-state index contributed by atoms with van der Waals surface area (Å²) in [6, 6.07) is 3.98. The Morgan fingerprint density at radius 3 is 2.60 bits per heavy atom. The van der Waals surface area contributed by atoms with Gasteiger partial charge in [-0.2, -0.15) is 0 Å². The van der Waals surface area contributed by atoms with Crippen LogP contribution in [-0.2, 0) is 0 Å². The van der Waals surface area contributed by atoms with Crippen molar-refractivity contribution < 1.29 is 5.11 Å². The molecule has 1 atom stereocenters. The number of piperazine rings is 1. The number of phenolic OH excluding ortho intramolecular Hbond substituents is 1. The predicted molar refractivity (Wildman–Crippen MR) is 85.3 cm³/mol. The van der Waals surface area contributed by atoms with Gasteiger partial charge in [-0.1, -0.05) is 34.0 Å². The number of phenols is 1. The number of halogens is 2. The Hall–Kier alpha value is -0.290. The van der Waals surface area contributed by atoms with Crippen LogP contribution in [0, 0.1) is 5.92 Å². The van der Waals surface area contributed by atoms with Crippen LogP contribution in [0.5, 0.6) is 5.75 Å². The summed E-state index contributed by atoms with van der Waals surface area (Å²) < 4.78 is 0.967. The fraction of sp³-hybridized carbons (Fsp3) is 0.600. The number of aromatic hydroxyl groups is 1. The third-order valence-corrected chi connectivity index (χ3v) is 5.55. The van der Waals surface area contributed by atoms with Gasteiger partial charge in [-0.05, 0) is 30.9 Å². The summed E-state index contributed by atoms with van der Waals surface area (Å²) in [5.74, 6) is 0.880. The van der Waals surface area contributed by atoms with Gasteiger partial charge in [-0.15, -0.1) is 0 Å². The van der Waals surface area contributed by atoms with Gasteiger partial charge in [0.1, 0.15) is 5.75 Å². The number of hydrogen-bond donors (Lipinski definition) is 2. The van der Waals surface area contributed by atoms with Crippen LogP contribution in [0.1, 0.15) is 30.9 Å². The number of nitrogens with zero attached hydrogens (tertiary/aromatic N) is 1. The molecule has 1 aliphatic carbocycles. The van der Waals surface area contributed by atoms with Gasteiger partial charge in [0.05, 0.1) is 5.02 Å². The third kappa shape index (κ3) is 2.71. The van der Waals surface area contributed by atoms with Crippen LogP contribution in [0.25, 0.3) is 0 Å². The Labute approximate surface area is 133 Å². The molecule has 1 saturated heterocycles. The van der Waals surface area contributed by atoms with Crippen LogP contribution in [-0.4, -0.2) is 36.2 Å². The van der Waals surface area contributed by atoms with Gasteiger partial charge in [-0.3, -0.25) is 4.90 Å². The molecular formula is C15H20BrClN2O. The number of benzene rings is 1. The van der Waals surface area contributed by atoms with E-state index in [-0.39, 0.29) is 11.8 Å². The molecule has 1 heterocycles. The lowest BCUT2D eigenvalue weighted by Crippen LogP contribution is -2.48. The quantitative estimate of drug-likeness (QED) is 0.866. The molecule has 2 aliphatic rings. The highest BCUT2D eigenvalue weighted by Crippen LogP contribution is 2.48. The minimum absolute atomic E-state index is 0.247. The van der Waals surface area contributed by atoms with E-state index in [9.17, 15) is 5.11 Å². The van der Waals surface area contributed by atoms with Crippen molar-refractivity contribution in [2.24, 2.45) is 5.92 Å². The largest absolute Gasteiger partial charge is 0.506 e. The van der Waals surface area contributed by atoms with Crippen LogP contribution in [0.3, 0.4) is 0 Å². The molecule has 2 fully saturated rings. The molecule has 2 N–H and O–H groups in total. The van der Waals surface area contributed by atoms with Crippen LogP contribution >= 0.6 is 27.5 Å². The van der Waals surface area contributed by atoms with Crippen molar-refractivity contribution in [3.63, 3.8) is 0 Å². The second kappa shape index (κ2) is 6.22. The molecule has 0 radical (unpaired) electrons. The Balaban J connectivity index is 1.98. The average Bonchev–Trinajstić information content (AvgIpc) is 2.41. The Morgan fingerprint density at radius 2 is 2.00 bits per heavy atom. The Morgan fingerprint density at radius 1 is 1.30 bits per heavy atom. The zero-order valence-electron chi connectivity index (χ0n) is 11.4. The van der Waals surface area contributed by atoms with Gasteiger partial charge in [0.15, 0.2) is 0 Å². The third-order valence-electron chi connectivity index (χ3n) is 4.55. The van der Waals surface area contributed by atoms with Crippen molar-refractivity contribution in [2.75, 3.05) is 26.2 Å². The van der Waals surface area contributed by atoms with Crippen molar-refractivity contribution in [2.45, 2.75) is 25.3 Å². The maximum Gasteiger partial charge on any atom is 0.140 e. The predicted octanol–water partition coefficient (Wildman–Crippen LogP) is 3.55. The van der Waals surface area contributed by atoms with Crippen LogP contribution in [0.4, 0.5) is 0 Å². The van der Waals surface area contributed by atoms with E-state index in [0.29, 0.717) is 10.9 Å². The highest BCUT2D eigenvalue weighted by Gasteiger charge is 2.36. The van der Waals surface area contributed by atoms with Gasteiger partial charge in [0.2, 0.25) is 0 Å². The second-order valence-electron chi connectivity index (χ2n) is 5.71. The Bertz CT molecular complexity index is 487. The molecule has 1 aromatic carbocycles. The van der Waals surface area contributed by atoms with Crippen LogP contribution < -0.4 is 5.32 Å². The molecule has 3 nitrogen and oxygen atoms in total. The van der Waals surface area contributed by atoms with Gasteiger partial charge in [0, 0.05) is 42.3 Å². The molecule has 20 heavy (non-hydrogen) atoms. The van der Waals surface area contributed by atoms with Crippen molar-refractivity contribution in [3.8, 4) is 5.75 Å². The number of rotatable bonds is 3. The standard InChI is InChI=1S/C15H20BrClN2O/c16-11-4-5-12(17)15(20)13(11)14(10-2-1-3-10)19-8-6-18-7-9-19/h4-5,10,14,18,20H,1-3,6-9H2/t14-/m0/s1. The first-order valence-corrected chi connectivity index (χ1v) is 8.47. The molecule has 0 amide bonds. The Kier molecular flexibility index (Phi) is 4.55. The van der Waals surface area contributed by atoms with Gasteiger partial charge >= 0.3 is 0 Å². The summed E-state index contributed by atoms with van der Waals surface area (Å²) in [6.45, 7) is 4.09. The first-order valence-electron chi connectivity index (χ1n) is 7.30. The molecule has 0 spiro atoms. The maximum atomic E-state index is 10.4. The minimum Gasteiger partial charge on any atom is -0.506 e. The summed E-state index contributed by atoms with van der Waals surface area (Å²) in [6.07, 6.45) is 3.78. The zero-order chi connectivity index (χ0) is 14.1. The van der Waals surface area contributed by atoms with Crippen molar-refractivity contribution in [1.82, 2.24) is 10.2 Å². The fourth-order valence-electron chi connectivity index (χ4n) is 3.27. The van der Waals surface area contributed by atoms with Crippen LogP contribution in [0.15, 0.2) is 16.6 Å². The van der Waals surface area contributed by atoms with E-state index >= 15 is 0 Å². The molecule has 0 bridgehead atoms. The monoisotopic (exact) mass is 358 g/mol. The minimum atomic E-state index is 0.247. The van der Waals surface area contributed by atoms with Gasteiger partial charge in [0.25, 0.3) is 0 Å². The molecule has 3 rings (SSSR count). The topological polar surface area (TPSA) is 35.5 Å². The molecule has 1 aliphatic heterocycles. The highest BCUT2D eigenvalue weighted by atomic mass is 79.9. The molecule has 110 valence electrons. The van der Waals surface area contributed by atoms with Crippen molar-refractivity contribution >= 4 is 27.5 Å². The normalized spacial score (nSPS) is 22.5. The molecular weight excluding hydrogens is 340 g/mol. The summed E-state index contributed by atoms with van der Waals surface area (Å²) in [5, 5.41) is 14.3. The van der Waals surface area contributed by atoms with Gasteiger partial charge < -0.3 is 10.4 Å². The molecule has 1 saturated carbocycles. The maximum absolute atomic E-state index is 10.4. The van der Waals surface area contributed by atoms with E-state index in [1.54, 1.807) is 6.07 Å². The van der Waals surface area contributed by atoms with Crippen LogP contribution in [0.2, 0.25) is 5.02 Å². The lowest BCUT2D eigenvalue weighted by atomic mass is 9.76. The van der Waals surface area contributed by atoms with E-state index in [4.69, 9.17) is 11.6 Å². The molecule has 1 aromatic rings. The molecule has 0 aromatic heterocycles. The lowest BCUT2D eigenvalue weighted by molar-refractivity contribution is 0.0814. The summed E-state index contributed by atoms with van der Waals surface area (Å²) in [5.41, 5.74) is 0.976. The van der Waals surface area contributed by atoms with Gasteiger partial charge in [-0.25, -0.2) is 0 Å². The molecule has 5 heteroatoms. The summed E-state index contributed by atoms with van der Waals surface area (Å²) >= 11 is 9.74. The average molecular weight is 360 g/mol. The van der Waals surface area contributed by atoms with E-state index in [0.717, 1.165) is 36.2 Å². The fourth-order valence-corrected chi connectivity index (χ4v) is 3.99. The van der Waals surface area contributed by atoms with E-state index in [2.05, 4.69) is 26.1 Å². The van der Waals surface area contributed by atoms with E-state index in [1.165, 1.54) is 19.3 Å². The SMILES string of the molecule is Oc1c(Cl)ccc(Br)c1[C@H](C1CCC1)N1CCNCC1. The lowest BCUT2D eigenvalue weighted by Gasteiger charge is -2.43. The molecule has 0 unspecified atom stereocenters. The van der Waals surface area contributed by atoms with Crippen molar-refractivity contribution in [1.29, 1.82) is 0 Å². The first kappa shape index (κ1) is 14.6. The zero-order valence-corrected chi connectivity index (χ0v) is 13.8. The summed E-state index contributed by atoms with van der Waals surface area (Å²) in [4.78, 5) is 2.50. The summed E-state index contributed by atoms with van der Waals surface area (Å²) in [7, 11) is 0. The van der Waals surface area contributed by atoms with E-state index < -0.39 is 0 Å². The number of hydrogen-bond acceptors (Lipinski definition) is 3. The number of nitrogens with one attached hydrogen (secondary N) is 1. The first-order chi connectivity index (χ1) is 9.68. The second-order valence-corrected chi connectivity index (χ2v) is 6.97. The van der Waals surface area contributed by atoms with E-state index in [1.807, 2.05) is 6.07 Å². The highest BCUT2D eigenvalue weighted by molar-refractivity contribution is 9.10. The smallest absolute Gasteiger partial charge is 0.140 e.